The largest absolute Gasteiger partial charge is 0.481 e. The first-order valence-corrected chi connectivity index (χ1v) is 5.67. The summed E-state index contributed by atoms with van der Waals surface area (Å²) < 4.78 is 13.9. The fraction of sp³-hybridized carbons (Fsp3) is 0.273. The van der Waals surface area contributed by atoms with Crippen molar-refractivity contribution in [3.05, 3.63) is 34.1 Å². The molecule has 1 amide bonds. The second-order valence-corrected chi connectivity index (χ2v) is 4.51. The molecular weight excluding hydrogens is 293 g/mol. The van der Waals surface area contributed by atoms with E-state index in [1.807, 2.05) is 0 Å². The van der Waals surface area contributed by atoms with Crippen LogP contribution in [0.5, 0.6) is 0 Å². The van der Waals surface area contributed by atoms with Crippen molar-refractivity contribution in [3.8, 4) is 0 Å². The summed E-state index contributed by atoms with van der Waals surface area (Å²) in [6.07, 6.45) is -0.204. The minimum Gasteiger partial charge on any atom is -0.481 e. The summed E-state index contributed by atoms with van der Waals surface area (Å²) in [6.45, 7) is 1.54. The van der Waals surface area contributed by atoms with Crippen molar-refractivity contribution in [2.75, 3.05) is 0 Å². The number of halogens is 2. The zero-order valence-corrected chi connectivity index (χ0v) is 10.6. The summed E-state index contributed by atoms with van der Waals surface area (Å²) in [4.78, 5) is 22.0. The van der Waals surface area contributed by atoms with Gasteiger partial charge in [-0.2, -0.15) is 0 Å². The molecule has 0 radical (unpaired) electrons. The Bertz CT molecular complexity index is 450. The van der Waals surface area contributed by atoms with Crippen molar-refractivity contribution >= 4 is 27.8 Å². The van der Waals surface area contributed by atoms with E-state index in [9.17, 15) is 14.0 Å². The molecule has 0 saturated heterocycles. The number of rotatable bonds is 4. The van der Waals surface area contributed by atoms with E-state index in [2.05, 4.69) is 21.2 Å². The van der Waals surface area contributed by atoms with Crippen molar-refractivity contribution in [3.63, 3.8) is 0 Å². The molecule has 0 aliphatic carbocycles. The second-order valence-electron chi connectivity index (χ2n) is 3.60. The Morgan fingerprint density at radius 1 is 1.53 bits per heavy atom. The summed E-state index contributed by atoms with van der Waals surface area (Å²) in [5.74, 6) is -2.29. The minimum absolute atomic E-state index is 0.106. The molecular formula is C11H11BrFNO3. The number of carbonyl (C=O) groups excluding carboxylic acids is 1. The number of carboxylic acid groups (broad SMARTS) is 1. The molecule has 0 spiro atoms. The summed E-state index contributed by atoms with van der Waals surface area (Å²) >= 11 is 3.08. The van der Waals surface area contributed by atoms with E-state index in [0.29, 0.717) is 4.47 Å². The lowest BCUT2D eigenvalue weighted by molar-refractivity contribution is -0.137. The van der Waals surface area contributed by atoms with Crippen LogP contribution in [0.4, 0.5) is 4.39 Å². The zero-order valence-electron chi connectivity index (χ0n) is 9.04. The van der Waals surface area contributed by atoms with Gasteiger partial charge in [-0.05, 0) is 25.1 Å². The van der Waals surface area contributed by atoms with Crippen molar-refractivity contribution in [2.24, 2.45) is 0 Å². The fourth-order valence-corrected chi connectivity index (χ4v) is 1.62. The number of nitrogens with one attached hydrogen (secondary N) is 1. The van der Waals surface area contributed by atoms with Gasteiger partial charge in [0.15, 0.2) is 0 Å². The first-order valence-electron chi connectivity index (χ1n) is 4.88. The Kier molecular flexibility index (Phi) is 4.62. The van der Waals surface area contributed by atoms with Gasteiger partial charge in [-0.1, -0.05) is 15.9 Å². The van der Waals surface area contributed by atoms with Crippen LogP contribution < -0.4 is 5.32 Å². The maximum Gasteiger partial charge on any atom is 0.305 e. The molecule has 1 aromatic rings. The van der Waals surface area contributed by atoms with Crippen LogP contribution in [0.2, 0.25) is 0 Å². The van der Waals surface area contributed by atoms with Crippen LogP contribution in [0.3, 0.4) is 0 Å². The van der Waals surface area contributed by atoms with Crippen LogP contribution in [-0.4, -0.2) is 23.0 Å². The molecule has 0 aromatic heterocycles. The lowest BCUT2D eigenvalue weighted by Gasteiger charge is -2.11. The van der Waals surface area contributed by atoms with Crippen molar-refractivity contribution in [1.82, 2.24) is 5.32 Å². The van der Waals surface area contributed by atoms with Crippen molar-refractivity contribution < 1.29 is 19.1 Å². The van der Waals surface area contributed by atoms with Gasteiger partial charge in [0.1, 0.15) is 5.82 Å². The van der Waals surface area contributed by atoms with Gasteiger partial charge in [-0.3, -0.25) is 9.59 Å². The van der Waals surface area contributed by atoms with E-state index in [-0.39, 0.29) is 12.0 Å². The number of benzene rings is 1. The standard InChI is InChI=1S/C11H11BrFNO3/c1-6(4-10(15)16)14-11(17)8-3-2-7(12)5-9(8)13/h2-3,5-6H,4H2,1H3,(H,14,17)(H,15,16). The molecule has 1 atom stereocenters. The van der Waals surface area contributed by atoms with Crippen LogP contribution in [0.25, 0.3) is 0 Å². The van der Waals surface area contributed by atoms with Gasteiger partial charge in [0.05, 0.1) is 12.0 Å². The normalized spacial score (nSPS) is 11.9. The van der Waals surface area contributed by atoms with Gasteiger partial charge in [0.25, 0.3) is 5.91 Å². The third-order valence-corrected chi connectivity index (χ3v) is 2.53. The first-order chi connectivity index (χ1) is 7.90. The topological polar surface area (TPSA) is 66.4 Å². The second kappa shape index (κ2) is 5.77. The SMILES string of the molecule is CC(CC(=O)O)NC(=O)c1ccc(Br)cc1F. The van der Waals surface area contributed by atoms with Gasteiger partial charge in [0, 0.05) is 10.5 Å². The highest BCUT2D eigenvalue weighted by molar-refractivity contribution is 9.10. The van der Waals surface area contributed by atoms with Gasteiger partial charge in [0.2, 0.25) is 0 Å². The maximum absolute atomic E-state index is 13.4. The zero-order chi connectivity index (χ0) is 13.0. The summed E-state index contributed by atoms with van der Waals surface area (Å²) in [5, 5.41) is 10.9. The molecule has 6 heteroatoms. The third-order valence-electron chi connectivity index (χ3n) is 2.03. The molecule has 1 aromatic carbocycles. The lowest BCUT2D eigenvalue weighted by atomic mass is 10.1. The van der Waals surface area contributed by atoms with E-state index in [1.54, 1.807) is 13.0 Å². The highest BCUT2D eigenvalue weighted by Gasteiger charge is 2.15. The van der Waals surface area contributed by atoms with Gasteiger partial charge in [-0.15, -0.1) is 0 Å². The molecule has 1 rings (SSSR count). The molecule has 1 unspecified atom stereocenters. The van der Waals surface area contributed by atoms with E-state index in [4.69, 9.17) is 5.11 Å². The summed E-state index contributed by atoms with van der Waals surface area (Å²) in [5.41, 5.74) is -0.106. The predicted molar refractivity (Wildman–Crippen MR) is 63.3 cm³/mol. The average Bonchev–Trinajstić information content (AvgIpc) is 2.15. The monoisotopic (exact) mass is 303 g/mol. The Morgan fingerprint density at radius 3 is 2.71 bits per heavy atom. The predicted octanol–water partition coefficient (Wildman–Crippen LogP) is 2.18. The highest BCUT2D eigenvalue weighted by atomic mass is 79.9. The molecule has 17 heavy (non-hydrogen) atoms. The van der Waals surface area contributed by atoms with Crippen molar-refractivity contribution in [2.45, 2.75) is 19.4 Å². The molecule has 0 aliphatic heterocycles. The van der Waals surface area contributed by atoms with E-state index >= 15 is 0 Å². The van der Waals surface area contributed by atoms with Gasteiger partial charge < -0.3 is 10.4 Å². The van der Waals surface area contributed by atoms with Gasteiger partial charge >= 0.3 is 5.97 Å². The molecule has 4 nitrogen and oxygen atoms in total. The number of hydrogen-bond donors (Lipinski definition) is 2. The summed E-state index contributed by atoms with van der Waals surface area (Å²) in [6, 6.07) is 3.50. The van der Waals surface area contributed by atoms with Crippen LogP contribution in [-0.2, 0) is 4.79 Å². The van der Waals surface area contributed by atoms with E-state index in [0.717, 1.165) is 0 Å². The Balaban J connectivity index is 2.73. The molecule has 0 aliphatic rings. The third kappa shape index (κ3) is 4.14. The molecule has 0 bridgehead atoms. The molecule has 0 saturated carbocycles. The van der Waals surface area contributed by atoms with Crippen LogP contribution in [0.15, 0.2) is 22.7 Å². The fourth-order valence-electron chi connectivity index (χ4n) is 1.29. The van der Waals surface area contributed by atoms with Crippen molar-refractivity contribution in [1.29, 1.82) is 0 Å². The smallest absolute Gasteiger partial charge is 0.305 e. The maximum atomic E-state index is 13.4. The van der Waals surface area contributed by atoms with E-state index in [1.165, 1.54) is 12.1 Å². The molecule has 2 N–H and O–H groups in total. The lowest BCUT2D eigenvalue weighted by Crippen LogP contribution is -2.34. The molecule has 0 heterocycles. The molecule has 0 fully saturated rings. The van der Waals surface area contributed by atoms with Crippen LogP contribution in [0, 0.1) is 5.82 Å². The number of amides is 1. The Hall–Kier alpha value is -1.43. The Morgan fingerprint density at radius 2 is 2.18 bits per heavy atom. The number of carboxylic acids is 1. The Labute approximate surface area is 106 Å². The summed E-state index contributed by atoms with van der Waals surface area (Å²) in [7, 11) is 0. The number of aliphatic carboxylic acids is 1. The molecule has 92 valence electrons. The van der Waals surface area contributed by atoms with E-state index < -0.39 is 23.7 Å². The average molecular weight is 304 g/mol. The van der Waals surface area contributed by atoms with Gasteiger partial charge in [-0.25, -0.2) is 4.39 Å². The number of hydrogen-bond acceptors (Lipinski definition) is 2. The number of carbonyl (C=O) groups is 2. The highest BCUT2D eigenvalue weighted by Crippen LogP contribution is 2.15. The van der Waals surface area contributed by atoms with Crippen LogP contribution in [0.1, 0.15) is 23.7 Å². The quantitative estimate of drug-likeness (QED) is 0.896. The van der Waals surface area contributed by atoms with Crippen LogP contribution >= 0.6 is 15.9 Å². The first kappa shape index (κ1) is 13.6. The minimum atomic E-state index is -1.02.